The van der Waals surface area contributed by atoms with E-state index >= 15 is 0 Å². The van der Waals surface area contributed by atoms with Gasteiger partial charge in [0.2, 0.25) is 5.91 Å². The molecule has 3 N–H and O–H groups in total. The normalized spacial score (nSPS) is 19.2. The van der Waals surface area contributed by atoms with Crippen molar-refractivity contribution in [3.8, 4) is 0 Å². The number of halogens is 1. The first kappa shape index (κ1) is 21.0. The van der Waals surface area contributed by atoms with Gasteiger partial charge in [-0.15, -0.1) is 0 Å². The summed E-state index contributed by atoms with van der Waals surface area (Å²) in [5.74, 6) is -2.22. The SMILES string of the molecule is O=C(O)COC(=S)CN1C(=O)[C@H](NC(=O)C(=NO)c2ccccc2)[C@@H]1CI. The van der Waals surface area contributed by atoms with Gasteiger partial charge in [-0.2, -0.15) is 0 Å². The van der Waals surface area contributed by atoms with Crippen LogP contribution in [-0.4, -0.2) is 73.4 Å². The summed E-state index contributed by atoms with van der Waals surface area (Å²) in [6, 6.07) is 7.22. The van der Waals surface area contributed by atoms with Gasteiger partial charge in [0.25, 0.3) is 5.91 Å². The van der Waals surface area contributed by atoms with Gasteiger partial charge in [-0.3, -0.25) is 9.59 Å². The summed E-state index contributed by atoms with van der Waals surface area (Å²) in [4.78, 5) is 36.7. The zero-order valence-corrected chi connectivity index (χ0v) is 16.8. The number of hydrogen-bond acceptors (Lipinski definition) is 7. The van der Waals surface area contributed by atoms with Gasteiger partial charge in [0.05, 0.1) is 12.6 Å². The van der Waals surface area contributed by atoms with Crippen LogP contribution in [0.25, 0.3) is 0 Å². The lowest BCUT2D eigenvalue weighted by Gasteiger charge is -2.46. The van der Waals surface area contributed by atoms with Gasteiger partial charge < -0.3 is 25.3 Å². The smallest absolute Gasteiger partial charge is 0.341 e. The van der Waals surface area contributed by atoms with Crippen molar-refractivity contribution >= 4 is 63.4 Å². The average Bonchev–Trinajstić information content (AvgIpc) is 2.66. The second-order valence-corrected chi connectivity index (χ2v) is 6.84. The summed E-state index contributed by atoms with van der Waals surface area (Å²) in [5.41, 5.74) is 0.213. The molecule has 0 saturated carbocycles. The number of carbonyl (C=O) groups is 3. The van der Waals surface area contributed by atoms with E-state index in [2.05, 4.69) is 33.1 Å². The van der Waals surface area contributed by atoms with Crippen LogP contribution in [0.2, 0.25) is 0 Å². The van der Waals surface area contributed by atoms with Crippen molar-refractivity contribution in [2.75, 3.05) is 17.6 Å². The van der Waals surface area contributed by atoms with E-state index in [1.807, 2.05) is 0 Å². The maximum atomic E-state index is 12.4. The third-order valence-corrected chi connectivity index (χ3v) is 4.95. The number of hydrogen-bond donors (Lipinski definition) is 3. The minimum absolute atomic E-state index is 0.0210. The standard InChI is InChI=1S/C16H16IN3O6S/c17-6-10-14(16(24)20(10)7-12(27)26-8-11(21)22)18-15(23)13(19-25)9-4-2-1-3-5-9/h1-5,10,14,25H,6-8H2,(H,18,23)(H,21,22)/t10-,14+/m0/s1. The summed E-state index contributed by atoms with van der Waals surface area (Å²) in [5, 5.41) is 23.3. The minimum atomic E-state index is -1.17. The molecular weight excluding hydrogens is 489 g/mol. The molecule has 1 heterocycles. The number of amides is 2. The number of alkyl halides is 1. The van der Waals surface area contributed by atoms with E-state index in [-0.39, 0.29) is 29.3 Å². The molecule has 0 unspecified atom stereocenters. The van der Waals surface area contributed by atoms with E-state index in [0.29, 0.717) is 9.99 Å². The van der Waals surface area contributed by atoms with Gasteiger partial charge in [-0.05, 0) is 12.2 Å². The van der Waals surface area contributed by atoms with Gasteiger partial charge in [0.1, 0.15) is 6.04 Å². The van der Waals surface area contributed by atoms with Gasteiger partial charge in [-0.25, -0.2) is 4.79 Å². The van der Waals surface area contributed by atoms with Crippen LogP contribution in [0.3, 0.4) is 0 Å². The highest BCUT2D eigenvalue weighted by atomic mass is 127. The molecule has 144 valence electrons. The summed E-state index contributed by atoms with van der Waals surface area (Å²) in [6.45, 7) is -0.621. The second kappa shape index (κ2) is 9.60. The van der Waals surface area contributed by atoms with E-state index in [4.69, 9.17) is 27.3 Å². The van der Waals surface area contributed by atoms with Crippen LogP contribution in [0.5, 0.6) is 0 Å². The van der Waals surface area contributed by atoms with E-state index in [0.717, 1.165) is 0 Å². The number of β-lactam (4-membered cyclic amide) rings is 1. The van der Waals surface area contributed by atoms with Crippen LogP contribution in [0.4, 0.5) is 0 Å². The second-order valence-electron chi connectivity index (χ2n) is 5.51. The molecule has 0 radical (unpaired) electrons. The Kier molecular flexibility index (Phi) is 7.47. The van der Waals surface area contributed by atoms with E-state index in [9.17, 15) is 14.4 Å². The van der Waals surface area contributed by atoms with E-state index < -0.39 is 24.5 Å². The van der Waals surface area contributed by atoms with Crippen LogP contribution >= 0.6 is 34.8 Å². The number of nitrogens with one attached hydrogen (secondary N) is 1. The van der Waals surface area contributed by atoms with Crippen molar-refractivity contribution in [2.45, 2.75) is 12.1 Å². The first-order valence-electron chi connectivity index (χ1n) is 7.71. The highest BCUT2D eigenvalue weighted by Gasteiger charge is 2.48. The highest BCUT2D eigenvalue weighted by Crippen LogP contribution is 2.22. The predicted molar refractivity (Wildman–Crippen MR) is 107 cm³/mol. The summed E-state index contributed by atoms with van der Waals surface area (Å²) < 4.78 is 5.38. The van der Waals surface area contributed by atoms with Crippen molar-refractivity contribution in [1.29, 1.82) is 0 Å². The fourth-order valence-electron chi connectivity index (χ4n) is 2.50. The number of carboxylic acid groups (broad SMARTS) is 1. The number of oxime groups is 1. The van der Waals surface area contributed by atoms with Crippen LogP contribution in [0.1, 0.15) is 5.56 Å². The molecule has 1 fully saturated rings. The molecule has 0 aromatic heterocycles. The molecule has 0 aliphatic carbocycles. The number of likely N-dealkylation sites (tertiary alicyclic amines) is 1. The Balaban J connectivity index is 1.99. The minimum Gasteiger partial charge on any atom is -0.479 e. The lowest BCUT2D eigenvalue weighted by Crippen LogP contribution is -2.72. The predicted octanol–water partition coefficient (Wildman–Crippen LogP) is 0.424. The molecule has 27 heavy (non-hydrogen) atoms. The number of ether oxygens (including phenoxy) is 1. The molecule has 1 aromatic carbocycles. The average molecular weight is 505 g/mol. The third kappa shape index (κ3) is 5.13. The molecular formula is C16H16IN3O6S. The molecule has 0 bridgehead atoms. The maximum absolute atomic E-state index is 12.4. The molecule has 1 aromatic rings. The highest BCUT2D eigenvalue weighted by molar-refractivity contribution is 14.1. The van der Waals surface area contributed by atoms with Crippen LogP contribution in [-0.2, 0) is 19.1 Å². The van der Waals surface area contributed by atoms with Crippen molar-refractivity contribution < 1.29 is 29.4 Å². The monoisotopic (exact) mass is 505 g/mol. The number of aliphatic carboxylic acids is 1. The molecule has 1 aliphatic rings. The number of thiocarbonyl (C=S) groups is 1. The van der Waals surface area contributed by atoms with Crippen molar-refractivity contribution in [1.82, 2.24) is 10.2 Å². The molecule has 1 aliphatic heterocycles. The molecule has 2 amide bonds. The summed E-state index contributed by atoms with van der Waals surface area (Å²) in [6.07, 6.45) is 0. The molecule has 11 heteroatoms. The lowest BCUT2D eigenvalue weighted by atomic mass is 9.96. The Morgan fingerprint density at radius 3 is 2.56 bits per heavy atom. The third-order valence-electron chi connectivity index (χ3n) is 3.80. The van der Waals surface area contributed by atoms with Crippen LogP contribution in [0, 0.1) is 0 Å². The van der Waals surface area contributed by atoms with Crippen molar-refractivity contribution in [2.24, 2.45) is 5.16 Å². The topological polar surface area (TPSA) is 129 Å². The number of rotatable bonds is 8. The van der Waals surface area contributed by atoms with Gasteiger partial charge in [0, 0.05) is 9.99 Å². The first-order chi connectivity index (χ1) is 12.9. The first-order valence-corrected chi connectivity index (χ1v) is 9.64. The summed E-state index contributed by atoms with van der Waals surface area (Å²) in [7, 11) is 0. The van der Waals surface area contributed by atoms with Crippen LogP contribution < -0.4 is 5.32 Å². The molecule has 2 atom stereocenters. The van der Waals surface area contributed by atoms with Crippen molar-refractivity contribution in [3.63, 3.8) is 0 Å². The van der Waals surface area contributed by atoms with Gasteiger partial charge in [0.15, 0.2) is 17.4 Å². The lowest BCUT2D eigenvalue weighted by molar-refractivity contribution is -0.150. The van der Waals surface area contributed by atoms with Gasteiger partial charge >= 0.3 is 5.97 Å². The largest absolute Gasteiger partial charge is 0.479 e. The van der Waals surface area contributed by atoms with Crippen molar-refractivity contribution in [3.05, 3.63) is 35.9 Å². The van der Waals surface area contributed by atoms with Crippen LogP contribution in [0.15, 0.2) is 35.5 Å². The maximum Gasteiger partial charge on any atom is 0.341 e. The van der Waals surface area contributed by atoms with Gasteiger partial charge in [-0.1, -0.05) is 58.1 Å². The number of nitrogens with zero attached hydrogens (tertiary/aromatic N) is 2. The molecule has 2 rings (SSSR count). The van der Waals surface area contributed by atoms with E-state index in [1.54, 1.807) is 30.3 Å². The quantitative estimate of drug-likeness (QED) is 0.0889. The zero-order valence-electron chi connectivity index (χ0n) is 13.9. The fraction of sp³-hybridized carbons (Fsp3) is 0.312. The zero-order chi connectivity index (χ0) is 20.0. The Hall–Kier alpha value is -2.28. The molecule has 9 nitrogen and oxygen atoms in total. The molecule has 0 spiro atoms. The summed E-state index contributed by atoms with van der Waals surface area (Å²) >= 11 is 7.00. The Bertz CT molecular complexity index is 773. The number of carboxylic acids is 1. The fourth-order valence-corrected chi connectivity index (χ4v) is 3.68. The Morgan fingerprint density at radius 2 is 2.00 bits per heavy atom. The Morgan fingerprint density at radius 1 is 1.33 bits per heavy atom. The Labute approximate surface area is 173 Å². The number of carbonyl (C=O) groups excluding carboxylic acids is 2. The van der Waals surface area contributed by atoms with E-state index in [1.165, 1.54) is 4.90 Å². The molecule has 1 saturated heterocycles. The number of benzene rings is 1.